The summed E-state index contributed by atoms with van der Waals surface area (Å²) in [7, 11) is 4.58. The lowest BCUT2D eigenvalue weighted by Crippen LogP contribution is -2.63. The Morgan fingerprint density at radius 1 is 0.911 bits per heavy atom. The fourth-order valence-corrected chi connectivity index (χ4v) is 11.3. The van der Waals surface area contributed by atoms with Gasteiger partial charge in [0.1, 0.15) is 48.7 Å². The van der Waals surface area contributed by atoms with Gasteiger partial charge in [-0.3, -0.25) is 19.4 Å². The monoisotopic (exact) mass is 1120 g/mol. The lowest BCUT2D eigenvalue weighted by Gasteiger charge is -2.47. The molecule has 6 heterocycles. The number of aliphatic hydroxyl groups excluding tert-OH is 4. The molecule has 0 unspecified atom stereocenters. The molecule has 4 saturated heterocycles. The zero-order valence-electron chi connectivity index (χ0n) is 46.7. The number of aromatic nitrogens is 3. The van der Waals surface area contributed by atoms with Crippen molar-refractivity contribution in [2.45, 2.75) is 166 Å². The van der Waals surface area contributed by atoms with Crippen LogP contribution in [0, 0.1) is 29.5 Å². The first-order chi connectivity index (χ1) is 37.7. The number of amides is 1. The van der Waals surface area contributed by atoms with Gasteiger partial charge in [-0.05, 0) is 70.9 Å². The minimum atomic E-state index is -1.53. The molecule has 23 nitrogen and oxygen atoms in total. The zero-order valence-corrected chi connectivity index (χ0v) is 46.7. The van der Waals surface area contributed by atoms with Crippen LogP contribution in [0.15, 0.2) is 48.2 Å². The molecule has 440 valence electrons. The highest BCUT2D eigenvalue weighted by molar-refractivity contribution is 5.92. The number of methoxy groups -OCH3 is 2. The number of rotatable bonds is 17. The Kier molecular flexibility index (Phi) is 22.1. The van der Waals surface area contributed by atoms with Gasteiger partial charge in [-0.2, -0.15) is 0 Å². The topological polar surface area (TPSA) is 273 Å². The fourth-order valence-electron chi connectivity index (χ4n) is 11.3. The molecule has 0 spiro atoms. The van der Waals surface area contributed by atoms with Crippen molar-refractivity contribution in [3.63, 3.8) is 0 Å². The Bertz CT molecular complexity index is 2410. The normalized spacial score (nSPS) is 36.6. The van der Waals surface area contributed by atoms with Gasteiger partial charge in [-0.25, -0.2) is 13.9 Å². The van der Waals surface area contributed by atoms with Crippen molar-refractivity contribution in [2.24, 2.45) is 23.7 Å². The summed E-state index contributed by atoms with van der Waals surface area (Å²) in [6.45, 7) is 12.7. The van der Waals surface area contributed by atoms with Crippen molar-refractivity contribution in [2.75, 3.05) is 70.5 Å². The molecule has 4 fully saturated rings. The van der Waals surface area contributed by atoms with Crippen molar-refractivity contribution in [1.82, 2.24) is 19.9 Å². The van der Waals surface area contributed by atoms with Crippen LogP contribution in [0.25, 0.3) is 0 Å². The highest BCUT2D eigenvalue weighted by atomic mass is 19.1. The number of halogens is 1. The quantitative estimate of drug-likeness (QED) is 0.131. The van der Waals surface area contributed by atoms with Gasteiger partial charge in [-0.1, -0.05) is 43.7 Å². The van der Waals surface area contributed by atoms with Crippen LogP contribution in [-0.2, 0) is 70.1 Å². The Morgan fingerprint density at radius 3 is 2.30 bits per heavy atom. The molecule has 7 rings (SSSR count). The lowest BCUT2D eigenvalue weighted by atomic mass is 9.79. The van der Waals surface area contributed by atoms with Crippen molar-refractivity contribution in [3.8, 4) is 0 Å². The van der Waals surface area contributed by atoms with Gasteiger partial charge in [0.2, 0.25) is 0 Å². The van der Waals surface area contributed by atoms with Gasteiger partial charge in [0.25, 0.3) is 0 Å². The summed E-state index contributed by atoms with van der Waals surface area (Å²) >= 11 is 0. The smallest absolute Gasteiger partial charge is 0.414 e. The number of cyclic esters (lactones) is 2. The van der Waals surface area contributed by atoms with Gasteiger partial charge >= 0.3 is 12.1 Å². The first kappa shape index (κ1) is 61.8. The Labute approximate surface area is 460 Å². The number of carbonyl (C=O) groups is 4. The van der Waals surface area contributed by atoms with Gasteiger partial charge in [-0.15, -0.1) is 5.10 Å². The van der Waals surface area contributed by atoms with E-state index < -0.39 is 134 Å². The number of aldehydes is 1. The van der Waals surface area contributed by atoms with Crippen LogP contribution in [0.3, 0.4) is 0 Å². The van der Waals surface area contributed by atoms with Crippen LogP contribution < -0.4 is 9.80 Å². The number of anilines is 2. The summed E-state index contributed by atoms with van der Waals surface area (Å²) in [5.74, 6) is -4.31. The van der Waals surface area contributed by atoms with E-state index in [-0.39, 0.29) is 44.9 Å². The molecular weight excluding hydrogens is 1040 g/mol. The number of allylic oxidation sites excluding steroid dienone is 3. The number of aliphatic hydroxyl groups is 4. The average Bonchev–Trinajstić information content (AvgIpc) is 4.10. The standard InChI is InChI=1S/C55H81FN6O17/c1-10-44-36(29-74-54-52(72-9)51(71-8)48(68)34(6)76-54)21-30(2)11-14-42(64)31(3)22-35(15-18-63)50(32(4)43(65)24-45(66)78-44)79-53-49(69)46(47(67)33(5)75-53)59(7)25-37-26-61(58-57-37)27-39-28-62(55(70)77-39)38-12-13-41(40(56)23-38)60-16-19-73-20-17-60/h11-14,18,21,23,26,31-36,39,43-44,46-54,65,67-69H,10,15-17,19-20,22,24-25,27-29H2,1-9H3/b14-11+,30-21+/t31-,32+,33-,34-,35+,36-,39+,43-,44-,46+,47-,48-,49-,50-,51-,52-,53+,54-/m1/s1. The molecule has 0 saturated carbocycles. The SMILES string of the molecule is CC[C@H]1OC(=O)C[C@@H](O)[C@H](C)[C@@H](O[C@@H]2O[C@H](C)[C@@H](O)[C@H](N(C)Cc3cn(C[C@H]4CN(c5ccc(N6CCOCC6)c(F)c5)C(=O)O4)nn3)[C@H]2O)[C@@H](CC=O)C[C@@H](C)C(=O)/C=C/C(C)=C/[C@@H]1CO[C@@H]1O[C@H](C)[C@@H](O)[C@@H](OC)[C@H]1OC. The van der Waals surface area contributed by atoms with Crippen LogP contribution in [0.1, 0.15) is 72.9 Å². The van der Waals surface area contributed by atoms with Gasteiger partial charge < -0.3 is 72.8 Å². The number of likely N-dealkylation sites (N-methyl/N-ethyl adjacent to an activating group) is 1. The molecule has 0 radical (unpaired) electrons. The second kappa shape index (κ2) is 28.2. The van der Waals surface area contributed by atoms with Crippen molar-refractivity contribution < 1.29 is 86.6 Å². The minimum absolute atomic E-state index is 0.0313. The predicted molar refractivity (Wildman–Crippen MR) is 281 cm³/mol. The summed E-state index contributed by atoms with van der Waals surface area (Å²) in [5, 5.41) is 54.8. The molecule has 4 N–H and O–H groups in total. The number of ether oxygens (including phenoxy) is 9. The van der Waals surface area contributed by atoms with Crippen LogP contribution >= 0.6 is 0 Å². The highest BCUT2D eigenvalue weighted by Crippen LogP contribution is 2.36. The van der Waals surface area contributed by atoms with Crippen molar-refractivity contribution in [1.29, 1.82) is 0 Å². The zero-order chi connectivity index (χ0) is 57.2. The molecule has 1 aromatic heterocycles. The van der Waals surface area contributed by atoms with E-state index in [2.05, 4.69) is 10.3 Å². The Hall–Kier alpha value is -4.83. The number of nitrogens with zero attached hydrogens (tertiary/aromatic N) is 6. The maximum absolute atomic E-state index is 15.3. The molecule has 24 heteroatoms. The lowest BCUT2D eigenvalue weighted by molar-refractivity contribution is -0.305. The number of esters is 1. The van der Waals surface area contributed by atoms with E-state index in [9.17, 15) is 39.6 Å². The van der Waals surface area contributed by atoms with E-state index in [0.29, 0.717) is 61.7 Å². The first-order valence-electron chi connectivity index (χ1n) is 27.3. The van der Waals surface area contributed by atoms with E-state index in [1.54, 1.807) is 71.0 Å². The molecule has 0 bridgehead atoms. The molecular formula is C55H81FN6O17. The number of ketones is 1. The van der Waals surface area contributed by atoms with Crippen LogP contribution in [0.2, 0.25) is 0 Å². The molecule has 18 atom stereocenters. The van der Waals surface area contributed by atoms with Gasteiger partial charge in [0.05, 0.1) is 93.0 Å². The third kappa shape index (κ3) is 15.2. The summed E-state index contributed by atoms with van der Waals surface area (Å²) in [6.07, 6.45) is -6.67. The summed E-state index contributed by atoms with van der Waals surface area (Å²) in [5.41, 5.74) is 1.90. The fraction of sp³-hybridized carbons (Fsp3) is 0.709. The molecule has 1 aromatic carbocycles. The predicted octanol–water partition coefficient (Wildman–Crippen LogP) is 2.73. The van der Waals surface area contributed by atoms with Crippen LogP contribution in [0.4, 0.5) is 20.6 Å². The number of morpholine rings is 1. The van der Waals surface area contributed by atoms with Crippen LogP contribution in [0.5, 0.6) is 0 Å². The van der Waals surface area contributed by atoms with Gasteiger partial charge in [0, 0.05) is 64.2 Å². The van der Waals surface area contributed by atoms with E-state index >= 15 is 4.39 Å². The average molecular weight is 1120 g/mol. The summed E-state index contributed by atoms with van der Waals surface area (Å²) in [6, 6.07) is 3.63. The van der Waals surface area contributed by atoms with E-state index in [4.69, 9.17) is 42.6 Å². The first-order valence-corrected chi connectivity index (χ1v) is 27.3. The van der Waals surface area contributed by atoms with E-state index in [0.717, 1.165) is 0 Å². The Balaban J connectivity index is 1.03. The highest BCUT2D eigenvalue weighted by Gasteiger charge is 2.49. The molecule has 0 aliphatic carbocycles. The van der Waals surface area contributed by atoms with E-state index in [1.807, 2.05) is 17.9 Å². The maximum Gasteiger partial charge on any atom is 0.414 e. The summed E-state index contributed by atoms with van der Waals surface area (Å²) in [4.78, 5) is 58.1. The third-order valence-electron chi connectivity index (χ3n) is 15.9. The third-order valence-corrected chi connectivity index (χ3v) is 15.9. The molecule has 5 aliphatic heterocycles. The Morgan fingerprint density at radius 2 is 1.62 bits per heavy atom. The molecule has 1 amide bonds. The number of hydrogen-bond donors (Lipinski definition) is 4. The minimum Gasteiger partial charge on any atom is -0.462 e. The second-order valence-electron chi connectivity index (χ2n) is 21.6. The molecule has 79 heavy (non-hydrogen) atoms. The maximum atomic E-state index is 15.3. The van der Waals surface area contributed by atoms with Crippen molar-refractivity contribution in [3.05, 3.63) is 59.7 Å². The van der Waals surface area contributed by atoms with E-state index in [1.165, 1.54) is 35.9 Å². The summed E-state index contributed by atoms with van der Waals surface area (Å²) < 4.78 is 70.1. The van der Waals surface area contributed by atoms with Crippen LogP contribution in [-0.4, -0.2) is 211 Å². The molecule has 5 aliphatic rings. The number of hydrogen-bond acceptors (Lipinski definition) is 21. The van der Waals surface area contributed by atoms with Crippen molar-refractivity contribution >= 4 is 35.5 Å². The largest absolute Gasteiger partial charge is 0.462 e. The molecule has 2 aromatic rings. The number of carbonyl (C=O) groups excluding carboxylic acids is 4. The second-order valence-corrected chi connectivity index (χ2v) is 21.6. The number of benzene rings is 1. The van der Waals surface area contributed by atoms with Gasteiger partial charge in [0.15, 0.2) is 18.4 Å².